The van der Waals surface area contributed by atoms with Crippen molar-refractivity contribution in [1.29, 1.82) is 10.8 Å². The predicted octanol–water partition coefficient (Wildman–Crippen LogP) is 3.18. The highest BCUT2D eigenvalue weighted by Crippen LogP contribution is 2.38. The molecule has 2 heterocycles. The van der Waals surface area contributed by atoms with Gasteiger partial charge in [-0.05, 0) is 64.8 Å². The molecule has 4 N–H and O–H groups in total. The van der Waals surface area contributed by atoms with Crippen molar-refractivity contribution < 1.29 is 9.53 Å². The van der Waals surface area contributed by atoms with Crippen molar-refractivity contribution in [2.45, 2.75) is 51.2 Å². The lowest BCUT2D eigenvalue weighted by Gasteiger charge is -2.32. The molecule has 0 aliphatic heterocycles. The van der Waals surface area contributed by atoms with Crippen molar-refractivity contribution in [1.82, 2.24) is 14.9 Å². The number of carbonyl (C=O) groups is 1. The molecular formula is C26H28B2N6O2. The molecule has 8 nitrogen and oxygen atoms in total. The van der Waals surface area contributed by atoms with Gasteiger partial charge in [-0.15, -0.1) is 0 Å². The van der Waals surface area contributed by atoms with Gasteiger partial charge in [-0.25, -0.2) is 9.78 Å². The number of urea groups is 1. The van der Waals surface area contributed by atoms with Crippen LogP contribution in [0.15, 0.2) is 54.7 Å². The Morgan fingerprint density at radius 2 is 1.86 bits per heavy atom. The molecule has 0 saturated carbocycles. The second-order valence-electron chi connectivity index (χ2n) is 9.89. The minimum absolute atomic E-state index is 0.0958. The number of hydrogen-bond acceptors (Lipinski definition) is 5. The highest BCUT2D eigenvalue weighted by molar-refractivity contribution is 6.58. The monoisotopic (exact) mass is 478 g/mol. The van der Waals surface area contributed by atoms with Crippen molar-refractivity contribution >= 4 is 38.9 Å². The van der Waals surface area contributed by atoms with Gasteiger partial charge in [-0.1, -0.05) is 45.0 Å². The van der Waals surface area contributed by atoms with Gasteiger partial charge < -0.3 is 10.1 Å². The van der Waals surface area contributed by atoms with Crippen molar-refractivity contribution in [2.75, 3.05) is 5.32 Å². The number of nitrogens with zero attached hydrogens (tertiary/aromatic N) is 2. The fourth-order valence-corrected chi connectivity index (χ4v) is 4.30. The number of fused-ring (bicyclic) bond motifs is 1. The SMILES string of the molecule is [B]C(=N)n1cc(OC2CCC(NC(=O)Nc3cc(C(C)(C)C)cc([B])n3)c3ccccc32)ccc1=N. The smallest absolute Gasteiger partial charge is 0.320 e. The Hall–Kier alpha value is -3.81. The first-order chi connectivity index (χ1) is 17.0. The molecule has 4 rings (SSSR count). The molecule has 10 heteroatoms. The Bertz CT molecular complexity index is 1370. The first-order valence-corrected chi connectivity index (χ1v) is 11.7. The van der Waals surface area contributed by atoms with E-state index in [1.54, 1.807) is 6.07 Å². The molecule has 180 valence electrons. The van der Waals surface area contributed by atoms with Gasteiger partial charge in [0.25, 0.3) is 0 Å². The van der Waals surface area contributed by atoms with Gasteiger partial charge in [-0.3, -0.25) is 20.7 Å². The van der Waals surface area contributed by atoms with E-state index in [1.165, 1.54) is 16.8 Å². The van der Waals surface area contributed by atoms with E-state index in [0.29, 0.717) is 30.0 Å². The summed E-state index contributed by atoms with van der Waals surface area (Å²) in [4.78, 5) is 17.1. The minimum Gasteiger partial charge on any atom is -0.484 e. The van der Waals surface area contributed by atoms with E-state index in [-0.39, 0.29) is 34.8 Å². The Labute approximate surface area is 213 Å². The Kier molecular flexibility index (Phi) is 7.06. The van der Waals surface area contributed by atoms with Crippen LogP contribution in [0, 0.1) is 10.8 Å². The van der Waals surface area contributed by atoms with E-state index in [0.717, 1.165) is 16.7 Å². The fraction of sp³-hybridized carbons (Fsp3) is 0.308. The second kappa shape index (κ2) is 10.0. The van der Waals surface area contributed by atoms with Crippen LogP contribution in [-0.2, 0) is 5.41 Å². The summed E-state index contributed by atoms with van der Waals surface area (Å²) in [5.74, 6) is 0.909. The van der Waals surface area contributed by atoms with Gasteiger partial charge in [0.05, 0.1) is 12.2 Å². The van der Waals surface area contributed by atoms with E-state index in [9.17, 15) is 4.79 Å². The predicted molar refractivity (Wildman–Crippen MR) is 141 cm³/mol. The average molecular weight is 478 g/mol. The molecule has 2 unspecified atom stereocenters. The molecule has 0 bridgehead atoms. The normalized spacial score (nSPS) is 17.1. The number of nitrogens with one attached hydrogen (secondary N) is 4. The summed E-state index contributed by atoms with van der Waals surface area (Å²) >= 11 is 0. The third-order valence-corrected chi connectivity index (χ3v) is 6.15. The zero-order valence-electron chi connectivity index (χ0n) is 20.6. The van der Waals surface area contributed by atoms with Crippen LogP contribution in [0.5, 0.6) is 5.75 Å². The maximum Gasteiger partial charge on any atom is 0.320 e. The first-order valence-electron chi connectivity index (χ1n) is 11.7. The van der Waals surface area contributed by atoms with E-state index >= 15 is 0 Å². The summed E-state index contributed by atoms with van der Waals surface area (Å²) < 4.78 is 7.47. The van der Waals surface area contributed by atoms with Crippen molar-refractivity contribution in [3.05, 3.63) is 76.9 Å². The van der Waals surface area contributed by atoms with Gasteiger partial charge in [0.15, 0.2) is 7.85 Å². The summed E-state index contributed by atoms with van der Waals surface area (Å²) in [6.45, 7) is 6.22. The van der Waals surface area contributed by atoms with Crippen LogP contribution in [-0.4, -0.2) is 37.0 Å². The van der Waals surface area contributed by atoms with Gasteiger partial charge >= 0.3 is 6.03 Å². The molecule has 1 aromatic carbocycles. The number of rotatable bonds is 4. The first kappa shape index (κ1) is 25.3. The minimum atomic E-state index is -0.360. The number of aromatic nitrogens is 2. The van der Waals surface area contributed by atoms with Crippen LogP contribution in [0.3, 0.4) is 0 Å². The zero-order valence-corrected chi connectivity index (χ0v) is 20.6. The van der Waals surface area contributed by atoms with Crippen LogP contribution in [0.25, 0.3) is 0 Å². The Morgan fingerprint density at radius 1 is 1.14 bits per heavy atom. The molecule has 0 saturated heterocycles. The van der Waals surface area contributed by atoms with Crippen LogP contribution < -0.4 is 26.5 Å². The lowest BCUT2D eigenvalue weighted by atomic mass is 9.85. The summed E-state index contributed by atoms with van der Waals surface area (Å²) in [6, 6.07) is 14.1. The molecule has 1 aliphatic carbocycles. The molecule has 2 amide bonds. The van der Waals surface area contributed by atoms with Gasteiger partial charge in [-0.2, -0.15) is 0 Å². The van der Waals surface area contributed by atoms with Crippen molar-refractivity contribution in [3.63, 3.8) is 0 Å². The number of anilines is 1. The molecule has 1 aliphatic rings. The molecular weight excluding hydrogens is 450 g/mol. The van der Waals surface area contributed by atoms with Crippen LogP contribution >= 0.6 is 0 Å². The topological polar surface area (TPSA) is 116 Å². The molecule has 4 radical (unpaired) electrons. The van der Waals surface area contributed by atoms with Gasteiger partial charge in [0.2, 0.25) is 0 Å². The van der Waals surface area contributed by atoms with E-state index in [1.807, 2.05) is 36.4 Å². The maximum atomic E-state index is 12.9. The summed E-state index contributed by atoms with van der Waals surface area (Å²) in [7, 11) is 11.5. The number of hydrogen-bond donors (Lipinski definition) is 4. The maximum absolute atomic E-state index is 12.9. The Morgan fingerprint density at radius 3 is 2.56 bits per heavy atom. The molecule has 3 aromatic rings. The third kappa shape index (κ3) is 5.70. The van der Waals surface area contributed by atoms with Crippen molar-refractivity contribution in [3.8, 4) is 5.75 Å². The van der Waals surface area contributed by atoms with Crippen molar-refractivity contribution in [2.24, 2.45) is 0 Å². The highest BCUT2D eigenvalue weighted by Gasteiger charge is 2.29. The molecule has 0 fully saturated rings. The molecule has 2 atom stereocenters. The van der Waals surface area contributed by atoms with Gasteiger partial charge in [0, 0.05) is 5.73 Å². The molecule has 36 heavy (non-hydrogen) atoms. The van der Waals surface area contributed by atoms with E-state index < -0.39 is 0 Å². The Balaban J connectivity index is 1.50. The summed E-state index contributed by atoms with van der Waals surface area (Å²) in [6.07, 6.45) is 2.62. The lowest BCUT2D eigenvalue weighted by molar-refractivity contribution is 0.171. The number of amides is 2. The number of carbonyl (C=O) groups excluding carboxylic acids is 1. The number of ether oxygens (including phenoxy) is 1. The summed E-state index contributed by atoms with van der Waals surface area (Å²) in [5.41, 5.74) is 2.98. The van der Waals surface area contributed by atoms with Gasteiger partial charge in [0.1, 0.15) is 31.0 Å². The largest absolute Gasteiger partial charge is 0.484 e. The number of benzene rings is 1. The third-order valence-electron chi connectivity index (χ3n) is 6.15. The fourth-order valence-electron chi connectivity index (χ4n) is 4.30. The lowest BCUT2D eigenvalue weighted by Crippen LogP contribution is -2.36. The van der Waals surface area contributed by atoms with Crippen LogP contribution in [0.1, 0.15) is 62.4 Å². The number of pyridine rings is 2. The average Bonchev–Trinajstić information content (AvgIpc) is 2.80. The quantitative estimate of drug-likeness (QED) is 0.262. The molecule has 2 aromatic heterocycles. The van der Waals surface area contributed by atoms with E-state index in [2.05, 4.69) is 36.4 Å². The summed E-state index contributed by atoms with van der Waals surface area (Å²) in [5, 5.41) is 21.4. The zero-order chi connectivity index (χ0) is 26.0. The standard InChI is InChI=1S/C26H28B2N6O2/c1-26(2,3)15-12-21(27)32-23(13-15)33-25(35)31-19-9-10-20(18-7-5-4-6-17(18)19)36-16-8-11-22(29)34(14-16)24(28)30/h4-8,11-14,19-20,29-30H,9-10H2,1-3H3,(H2,31,32,33,35). The second-order valence-corrected chi connectivity index (χ2v) is 9.89. The van der Waals surface area contributed by atoms with Crippen LogP contribution in [0.2, 0.25) is 0 Å². The highest BCUT2D eigenvalue weighted by atomic mass is 16.5. The van der Waals surface area contributed by atoms with Crippen LogP contribution in [0.4, 0.5) is 10.6 Å². The van der Waals surface area contributed by atoms with E-state index in [4.69, 9.17) is 31.2 Å². The molecule has 0 spiro atoms.